The quantitative estimate of drug-likeness (QED) is 0.645. The normalized spacial score (nSPS) is 13.0. The second-order valence-corrected chi connectivity index (χ2v) is 3.10. The van der Waals surface area contributed by atoms with Crippen molar-refractivity contribution >= 4 is 11.6 Å². The second-order valence-electron chi connectivity index (χ2n) is 2.66. The van der Waals surface area contributed by atoms with Crippen molar-refractivity contribution in [2.24, 2.45) is 0 Å². The molecule has 0 atom stereocenters. The van der Waals surface area contributed by atoms with Gasteiger partial charge in [-0.25, -0.2) is 0 Å². The molecule has 1 N–H and O–H groups in total. The summed E-state index contributed by atoms with van der Waals surface area (Å²) in [4.78, 5) is 0. The van der Waals surface area contributed by atoms with Crippen LogP contribution in [0.5, 0.6) is 0 Å². The van der Waals surface area contributed by atoms with Crippen molar-refractivity contribution in [3.63, 3.8) is 0 Å². The van der Waals surface area contributed by atoms with Gasteiger partial charge >= 0.3 is 0 Å². The van der Waals surface area contributed by atoms with Crippen LogP contribution in [-0.4, -0.2) is 6.04 Å². The standard InChI is InChI=1S/C9H16ClN/c1-4-5-6-9(10)7-11-8(2)3/h5-8,11H,4H2,1-3H3/b6-5+,9-7+. The van der Waals surface area contributed by atoms with Gasteiger partial charge in [0.25, 0.3) is 0 Å². The van der Waals surface area contributed by atoms with E-state index in [1.807, 2.05) is 18.4 Å². The number of rotatable bonds is 4. The van der Waals surface area contributed by atoms with Crippen LogP contribution < -0.4 is 5.32 Å². The van der Waals surface area contributed by atoms with Gasteiger partial charge in [-0.2, -0.15) is 0 Å². The Hall–Kier alpha value is -0.430. The molecule has 0 radical (unpaired) electrons. The fourth-order valence-electron chi connectivity index (χ4n) is 0.525. The Labute approximate surface area is 74.1 Å². The smallest absolute Gasteiger partial charge is 0.0559 e. The minimum atomic E-state index is 0.443. The summed E-state index contributed by atoms with van der Waals surface area (Å²) in [7, 11) is 0. The molecule has 0 saturated heterocycles. The van der Waals surface area contributed by atoms with E-state index in [4.69, 9.17) is 11.6 Å². The third-order valence-electron chi connectivity index (χ3n) is 1.07. The van der Waals surface area contributed by atoms with Crippen molar-refractivity contribution in [2.75, 3.05) is 0 Å². The third kappa shape index (κ3) is 7.47. The average molecular weight is 174 g/mol. The SMILES string of the molecule is CC/C=C/C(Cl)=C\NC(C)C. The average Bonchev–Trinajstić information content (AvgIpc) is 1.97. The minimum Gasteiger partial charge on any atom is -0.388 e. The molecule has 0 heterocycles. The molecule has 0 amide bonds. The van der Waals surface area contributed by atoms with Crippen LogP contribution in [0.2, 0.25) is 0 Å². The zero-order valence-electron chi connectivity index (χ0n) is 7.39. The first-order valence-corrected chi connectivity index (χ1v) is 4.33. The highest BCUT2D eigenvalue weighted by atomic mass is 35.5. The van der Waals surface area contributed by atoms with Crippen LogP contribution >= 0.6 is 11.6 Å². The van der Waals surface area contributed by atoms with E-state index in [9.17, 15) is 0 Å². The van der Waals surface area contributed by atoms with Crippen LogP contribution in [0.3, 0.4) is 0 Å². The maximum atomic E-state index is 5.82. The molecule has 0 aliphatic carbocycles. The molecule has 0 unspecified atom stereocenters. The van der Waals surface area contributed by atoms with Gasteiger partial charge in [0.15, 0.2) is 0 Å². The Morgan fingerprint density at radius 1 is 1.55 bits per heavy atom. The van der Waals surface area contributed by atoms with Crippen LogP contribution in [0.4, 0.5) is 0 Å². The van der Waals surface area contributed by atoms with E-state index in [1.165, 1.54) is 0 Å². The highest BCUT2D eigenvalue weighted by Gasteiger charge is 1.86. The summed E-state index contributed by atoms with van der Waals surface area (Å²) in [5, 5.41) is 3.86. The number of nitrogens with one attached hydrogen (secondary N) is 1. The maximum absolute atomic E-state index is 5.82. The first-order valence-electron chi connectivity index (χ1n) is 3.95. The molecule has 0 aromatic carbocycles. The molecule has 0 bridgehead atoms. The maximum Gasteiger partial charge on any atom is 0.0559 e. The number of halogens is 1. The van der Waals surface area contributed by atoms with Gasteiger partial charge in [0.1, 0.15) is 0 Å². The molecule has 0 aromatic rings. The molecule has 2 heteroatoms. The summed E-state index contributed by atoms with van der Waals surface area (Å²) >= 11 is 5.82. The van der Waals surface area contributed by atoms with Gasteiger partial charge in [0.05, 0.1) is 5.03 Å². The minimum absolute atomic E-state index is 0.443. The first kappa shape index (κ1) is 10.6. The molecule has 0 saturated carbocycles. The highest BCUT2D eigenvalue weighted by molar-refractivity contribution is 6.31. The topological polar surface area (TPSA) is 12.0 Å². The van der Waals surface area contributed by atoms with Crippen LogP contribution in [0, 0.1) is 0 Å². The number of allylic oxidation sites excluding steroid dienone is 3. The molecule has 0 aromatic heterocycles. The lowest BCUT2D eigenvalue weighted by Gasteiger charge is -2.02. The highest BCUT2D eigenvalue weighted by Crippen LogP contribution is 2.01. The van der Waals surface area contributed by atoms with Crippen molar-refractivity contribution in [3.05, 3.63) is 23.4 Å². The predicted octanol–water partition coefficient (Wildman–Crippen LogP) is 3.03. The molecular weight excluding hydrogens is 158 g/mol. The summed E-state index contributed by atoms with van der Waals surface area (Å²) in [6.07, 6.45) is 6.77. The Bertz CT molecular complexity index is 148. The van der Waals surface area contributed by atoms with Gasteiger partial charge in [-0.1, -0.05) is 24.6 Å². The van der Waals surface area contributed by atoms with Crippen molar-refractivity contribution in [1.29, 1.82) is 0 Å². The Kier molecular flexibility index (Phi) is 6.05. The van der Waals surface area contributed by atoms with Crippen LogP contribution in [-0.2, 0) is 0 Å². The van der Waals surface area contributed by atoms with Gasteiger partial charge in [-0.3, -0.25) is 0 Å². The van der Waals surface area contributed by atoms with Gasteiger partial charge in [0.2, 0.25) is 0 Å². The van der Waals surface area contributed by atoms with E-state index in [-0.39, 0.29) is 0 Å². The van der Waals surface area contributed by atoms with Gasteiger partial charge < -0.3 is 5.32 Å². The lowest BCUT2D eigenvalue weighted by atomic mass is 10.4. The molecule has 0 aliphatic heterocycles. The van der Waals surface area contributed by atoms with E-state index in [0.717, 1.165) is 11.5 Å². The van der Waals surface area contributed by atoms with Gasteiger partial charge in [-0.05, 0) is 26.3 Å². The lowest BCUT2D eigenvalue weighted by Crippen LogP contribution is -2.15. The second kappa shape index (κ2) is 6.29. The van der Waals surface area contributed by atoms with Crippen molar-refractivity contribution in [1.82, 2.24) is 5.32 Å². The molecule has 0 spiro atoms. The first-order chi connectivity index (χ1) is 5.16. The largest absolute Gasteiger partial charge is 0.388 e. The van der Waals surface area contributed by atoms with Crippen LogP contribution in [0.25, 0.3) is 0 Å². The van der Waals surface area contributed by atoms with Crippen molar-refractivity contribution in [2.45, 2.75) is 33.2 Å². The monoisotopic (exact) mass is 173 g/mol. The van der Waals surface area contributed by atoms with E-state index in [0.29, 0.717) is 6.04 Å². The molecule has 0 rings (SSSR count). The summed E-state index contributed by atoms with van der Waals surface area (Å²) in [5.74, 6) is 0. The van der Waals surface area contributed by atoms with E-state index in [2.05, 4.69) is 26.1 Å². The molecular formula is C9H16ClN. The summed E-state index contributed by atoms with van der Waals surface area (Å²) < 4.78 is 0. The zero-order valence-corrected chi connectivity index (χ0v) is 8.15. The lowest BCUT2D eigenvalue weighted by molar-refractivity contribution is 0.702. The van der Waals surface area contributed by atoms with Crippen molar-refractivity contribution in [3.8, 4) is 0 Å². The van der Waals surface area contributed by atoms with E-state index < -0.39 is 0 Å². The Morgan fingerprint density at radius 2 is 2.18 bits per heavy atom. The van der Waals surface area contributed by atoms with Gasteiger partial charge in [-0.15, -0.1) is 0 Å². The van der Waals surface area contributed by atoms with E-state index in [1.54, 1.807) is 0 Å². The number of hydrogen-bond acceptors (Lipinski definition) is 1. The van der Waals surface area contributed by atoms with E-state index >= 15 is 0 Å². The molecule has 64 valence electrons. The summed E-state index contributed by atoms with van der Waals surface area (Å²) in [5.41, 5.74) is 0. The van der Waals surface area contributed by atoms with Crippen molar-refractivity contribution < 1.29 is 0 Å². The fraction of sp³-hybridized carbons (Fsp3) is 0.556. The fourth-order valence-corrected chi connectivity index (χ4v) is 0.677. The molecule has 0 fully saturated rings. The van der Waals surface area contributed by atoms with Crippen LogP contribution in [0.15, 0.2) is 23.4 Å². The van der Waals surface area contributed by atoms with Gasteiger partial charge in [0, 0.05) is 12.2 Å². The van der Waals surface area contributed by atoms with Crippen LogP contribution in [0.1, 0.15) is 27.2 Å². The Morgan fingerprint density at radius 3 is 2.64 bits per heavy atom. The predicted molar refractivity (Wildman–Crippen MR) is 51.6 cm³/mol. The summed E-state index contributed by atoms with van der Waals surface area (Å²) in [6.45, 7) is 6.23. The Balaban J connectivity index is 3.71. The molecule has 0 aliphatic rings. The molecule has 1 nitrogen and oxygen atoms in total. The zero-order chi connectivity index (χ0) is 8.69. The third-order valence-corrected chi connectivity index (χ3v) is 1.30. The molecule has 11 heavy (non-hydrogen) atoms. The number of hydrogen-bond donors (Lipinski definition) is 1. The summed E-state index contributed by atoms with van der Waals surface area (Å²) in [6, 6.07) is 0.443.